The molecule has 0 fully saturated rings. The van der Waals surface area contributed by atoms with Gasteiger partial charge in [-0.2, -0.15) is 0 Å². The van der Waals surface area contributed by atoms with Gasteiger partial charge in [-0.1, -0.05) is 58.3 Å². The Morgan fingerprint density at radius 1 is 0.619 bits per heavy atom. The van der Waals surface area contributed by atoms with Crippen molar-refractivity contribution in [3.8, 4) is 0 Å². The van der Waals surface area contributed by atoms with Crippen LogP contribution in [-0.4, -0.2) is 32.7 Å². The second-order valence-corrected chi connectivity index (χ2v) is 5.72. The molecule has 126 valence electrons. The lowest BCUT2D eigenvalue weighted by Crippen LogP contribution is -2.06. The third kappa shape index (κ3) is 19.6. The van der Waals surface area contributed by atoms with Crippen molar-refractivity contribution in [2.45, 2.75) is 84.0 Å². The molecule has 0 radical (unpaired) electrons. The maximum atomic E-state index is 10.1. The van der Waals surface area contributed by atoms with E-state index in [1.807, 2.05) is 0 Å². The Bertz CT molecular complexity index is 195. The summed E-state index contributed by atoms with van der Waals surface area (Å²) >= 11 is 0. The van der Waals surface area contributed by atoms with Crippen molar-refractivity contribution in [1.82, 2.24) is 0 Å². The lowest BCUT2D eigenvalue weighted by atomic mass is 10.1. The van der Waals surface area contributed by atoms with Gasteiger partial charge in [-0.05, 0) is 19.3 Å². The lowest BCUT2D eigenvalue weighted by molar-refractivity contribution is -0.107. The average molecular weight is 300 g/mol. The molecular weight excluding hydrogens is 264 g/mol. The molecule has 0 saturated heterocycles. The van der Waals surface area contributed by atoms with E-state index in [2.05, 4.69) is 6.92 Å². The molecule has 3 heteroatoms. The summed E-state index contributed by atoms with van der Waals surface area (Å²) < 4.78 is 11.0. The molecule has 0 N–H and O–H groups in total. The predicted octanol–water partition coefficient (Wildman–Crippen LogP) is 4.92. The molecule has 0 aromatic rings. The van der Waals surface area contributed by atoms with Crippen LogP contribution in [0.15, 0.2) is 0 Å². The monoisotopic (exact) mass is 300 g/mol. The summed E-state index contributed by atoms with van der Waals surface area (Å²) in [6, 6.07) is 0. The molecule has 0 aliphatic heterocycles. The standard InChI is InChI=1S/C18H36O3/c1-2-3-4-5-6-7-9-12-15-20-17-18-21-16-13-10-8-11-14-19/h14H,2-13,15-18H2,1H3. The van der Waals surface area contributed by atoms with Crippen LogP contribution in [0.3, 0.4) is 0 Å². The number of unbranched alkanes of at least 4 members (excludes halogenated alkanes) is 10. The number of hydrogen-bond acceptors (Lipinski definition) is 3. The summed E-state index contributed by atoms with van der Waals surface area (Å²) in [5.74, 6) is 0. The van der Waals surface area contributed by atoms with Gasteiger partial charge in [0.1, 0.15) is 6.29 Å². The minimum absolute atomic E-state index is 0.682. The zero-order valence-electron chi connectivity index (χ0n) is 14.1. The summed E-state index contributed by atoms with van der Waals surface area (Å²) in [6.45, 7) is 5.34. The van der Waals surface area contributed by atoms with E-state index in [1.54, 1.807) is 0 Å². The minimum Gasteiger partial charge on any atom is -0.379 e. The van der Waals surface area contributed by atoms with Crippen LogP contribution in [0.25, 0.3) is 0 Å². The first-order valence-electron chi connectivity index (χ1n) is 9.01. The topological polar surface area (TPSA) is 35.5 Å². The molecule has 0 aromatic carbocycles. The van der Waals surface area contributed by atoms with Crippen LogP contribution < -0.4 is 0 Å². The number of carbonyl (C=O) groups is 1. The van der Waals surface area contributed by atoms with Gasteiger partial charge >= 0.3 is 0 Å². The van der Waals surface area contributed by atoms with Crippen molar-refractivity contribution in [2.75, 3.05) is 26.4 Å². The van der Waals surface area contributed by atoms with Crippen LogP contribution in [0, 0.1) is 0 Å². The molecule has 0 aliphatic rings. The van der Waals surface area contributed by atoms with Crippen molar-refractivity contribution < 1.29 is 14.3 Å². The van der Waals surface area contributed by atoms with Gasteiger partial charge in [0.2, 0.25) is 0 Å². The fourth-order valence-corrected chi connectivity index (χ4v) is 2.27. The van der Waals surface area contributed by atoms with Gasteiger partial charge in [-0.25, -0.2) is 0 Å². The average Bonchev–Trinajstić information content (AvgIpc) is 2.50. The predicted molar refractivity (Wildman–Crippen MR) is 88.8 cm³/mol. The molecule has 0 amide bonds. The van der Waals surface area contributed by atoms with E-state index >= 15 is 0 Å². The van der Waals surface area contributed by atoms with Gasteiger partial charge in [-0.3, -0.25) is 0 Å². The Labute approximate surface area is 131 Å². The Morgan fingerprint density at radius 2 is 1.10 bits per heavy atom. The second-order valence-electron chi connectivity index (χ2n) is 5.72. The zero-order valence-corrected chi connectivity index (χ0v) is 14.1. The summed E-state index contributed by atoms with van der Waals surface area (Å²) in [7, 11) is 0. The highest BCUT2D eigenvalue weighted by Crippen LogP contribution is 2.08. The van der Waals surface area contributed by atoms with Gasteiger partial charge in [0.15, 0.2) is 0 Å². The molecule has 0 rings (SSSR count). The van der Waals surface area contributed by atoms with Gasteiger partial charge in [0.05, 0.1) is 13.2 Å². The summed E-state index contributed by atoms with van der Waals surface area (Å²) in [5, 5.41) is 0. The first kappa shape index (κ1) is 20.6. The molecule has 0 spiro atoms. The molecule has 0 aromatic heterocycles. The van der Waals surface area contributed by atoms with E-state index in [0.29, 0.717) is 19.6 Å². The van der Waals surface area contributed by atoms with E-state index in [0.717, 1.165) is 38.8 Å². The van der Waals surface area contributed by atoms with E-state index in [9.17, 15) is 4.79 Å². The fourth-order valence-electron chi connectivity index (χ4n) is 2.27. The van der Waals surface area contributed by atoms with E-state index < -0.39 is 0 Å². The zero-order chi connectivity index (χ0) is 15.4. The van der Waals surface area contributed by atoms with Crippen molar-refractivity contribution in [2.24, 2.45) is 0 Å². The molecule has 0 unspecified atom stereocenters. The van der Waals surface area contributed by atoms with Crippen LogP contribution in [0.1, 0.15) is 84.0 Å². The van der Waals surface area contributed by atoms with E-state index in [1.165, 1.54) is 51.4 Å². The smallest absolute Gasteiger partial charge is 0.119 e. The Hall–Kier alpha value is -0.410. The Kier molecular flexibility index (Phi) is 19.2. The number of ether oxygens (including phenoxy) is 2. The third-order valence-electron chi connectivity index (χ3n) is 3.62. The number of carbonyl (C=O) groups excluding carboxylic acids is 1. The number of hydrogen-bond donors (Lipinski definition) is 0. The molecule has 21 heavy (non-hydrogen) atoms. The highest BCUT2D eigenvalue weighted by molar-refractivity contribution is 5.48. The Balaban J connectivity index is 2.91. The normalized spacial score (nSPS) is 10.9. The van der Waals surface area contributed by atoms with E-state index in [4.69, 9.17) is 9.47 Å². The van der Waals surface area contributed by atoms with Crippen molar-refractivity contribution >= 4 is 6.29 Å². The van der Waals surface area contributed by atoms with Crippen molar-refractivity contribution in [3.63, 3.8) is 0 Å². The molecule has 0 saturated carbocycles. The van der Waals surface area contributed by atoms with Crippen molar-refractivity contribution in [3.05, 3.63) is 0 Å². The largest absolute Gasteiger partial charge is 0.379 e. The molecular formula is C18H36O3. The van der Waals surface area contributed by atoms with Gasteiger partial charge < -0.3 is 14.3 Å². The number of aldehydes is 1. The van der Waals surface area contributed by atoms with Gasteiger partial charge in [0.25, 0.3) is 0 Å². The molecule has 0 heterocycles. The van der Waals surface area contributed by atoms with Crippen molar-refractivity contribution in [1.29, 1.82) is 0 Å². The summed E-state index contributed by atoms with van der Waals surface area (Å²) in [6.07, 6.45) is 15.5. The minimum atomic E-state index is 0.682. The second kappa shape index (κ2) is 19.6. The molecule has 3 nitrogen and oxygen atoms in total. The quantitative estimate of drug-likeness (QED) is 0.266. The molecule has 0 atom stereocenters. The lowest BCUT2D eigenvalue weighted by Gasteiger charge is -2.06. The van der Waals surface area contributed by atoms with Crippen LogP contribution >= 0.6 is 0 Å². The highest BCUT2D eigenvalue weighted by Gasteiger charge is 1.94. The maximum Gasteiger partial charge on any atom is 0.119 e. The van der Waals surface area contributed by atoms with E-state index in [-0.39, 0.29) is 0 Å². The Morgan fingerprint density at radius 3 is 1.62 bits per heavy atom. The van der Waals surface area contributed by atoms with Crippen LogP contribution in [0.5, 0.6) is 0 Å². The van der Waals surface area contributed by atoms with Gasteiger partial charge in [0, 0.05) is 19.6 Å². The van der Waals surface area contributed by atoms with Crippen LogP contribution in [0.2, 0.25) is 0 Å². The van der Waals surface area contributed by atoms with Crippen LogP contribution in [0.4, 0.5) is 0 Å². The van der Waals surface area contributed by atoms with Crippen LogP contribution in [-0.2, 0) is 14.3 Å². The summed E-state index contributed by atoms with van der Waals surface area (Å²) in [5.41, 5.74) is 0. The van der Waals surface area contributed by atoms with Gasteiger partial charge in [-0.15, -0.1) is 0 Å². The SMILES string of the molecule is CCCCCCCCCCOCCOCCCCCC=O. The molecule has 0 aliphatic carbocycles. The fraction of sp³-hybridized carbons (Fsp3) is 0.944. The maximum absolute atomic E-state index is 10.1. The first-order valence-corrected chi connectivity index (χ1v) is 9.01. The molecule has 0 bridgehead atoms. The third-order valence-corrected chi connectivity index (χ3v) is 3.62. The first-order chi connectivity index (χ1) is 10.4. The number of rotatable bonds is 18. The highest BCUT2D eigenvalue weighted by atomic mass is 16.5. The summed E-state index contributed by atoms with van der Waals surface area (Å²) in [4.78, 5) is 10.1.